The molecular formula is C6H15N2O2PS. The number of nitrogens with two attached hydrogens (primary N) is 1. The Morgan fingerprint density at radius 2 is 1.83 bits per heavy atom. The highest BCUT2D eigenvalue weighted by molar-refractivity contribution is 8.09. The van der Waals surface area contributed by atoms with Crippen molar-refractivity contribution in [3.05, 3.63) is 0 Å². The van der Waals surface area contributed by atoms with Crippen molar-refractivity contribution in [2.45, 2.75) is 20.8 Å². The summed E-state index contributed by atoms with van der Waals surface area (Å²) in [6, 6.07) is 0. The van der Waals surface area contributed by atoms with Crippen LogP contribution < -0.4 is 5.73 Å². The van der Waals surface area contributed by atoms with Crippen LogP contribution in [0.4, 0.5) is 0 Å². The first kappa shape index (κ1) is 12.0. The number of amidine groups is 1. The van der Waals surface area contributed by atoms with Crippen molar-refractivity contribution in [3.8, 4) is 0 Å². The van der Waals surface area contributed by atoms with Gasteiger partial charge in [-0.05, 0) is 32.6 Å². The van der Waals surface area contributed by atoms with E-state index in [1.807, 2.05) is 13.8 Å². The lowest BCUT2D eigenvalue weighted by molar-refractivity contribution is 0.267. The zero-order valence-electron chi connectivity index (χ0n) is 7.61. The number of rotatable bonds is 5. The fourth-order valence-corrected chi connectivity index (χ4v) is 2.86. The lowest BCUT2D eigenvalue weighted by Gasteiger charge is -2.15. The predicted molar refractivity (Wildman–Crippen MR) is 54.8 cm³/mol. The van der Waals surface area contributed by atoms with Crippen molar-refractivity contribution >= 4 is 24.3 Å². The lowest BCUT2D eigenvalue weighted by atomic mass is 10.8. The third-order valence-electron chi connectivity index (χ3n) is 0.865. The molecule has 0 saturated heterocycles. The average Bonchev–Trinajstić information content (AvgIpc) is 1.85. The Kier molecular flexibility index (Phi) is 5.66. The van der Waals surface area contributed by atoms with Crippen LogP contribution >= 0.6 is 6.64 Å². The molecule has 0 aliphatic heterocycles. The standard InChI is InChI=1S/C6H15N2O2PS/c1-4-9-11(12,10-5-2)8-6(3)7/h4-5H2,1-3H3,(H2,7,8,12). The van der Waals surface area contributed by atoms with Crippen LogP contribution in [0.5, 0.6) is 0 Å². The maximum Gasteiger partial charge on any atom is 0.310 e. The number of nitrogens with zero attached hydrogens (tertiary/aromatic N) is 1. The maximum absolute atomic E-state index is 5.39. The van der Waals surface area contributed by atoms with Crippen molar-refractivity contribution in [3.63, 3.8) is 0 Å². The molecule has 0 aliphatic rings. The second-order valence-corrected chi connectivity index (χ2v) is 5.08. The van der Waals surface area contributed by atoms with Gasteiger partial charge in [-0.25, -0.2) is 0 Å². The Morgan fingerprint density at radius 1 is 1.42 bits per heavy atom. The summed E-state index contributed by atoms with van der Waals surface area (Å²) >= 11 is 5.08. The van der Waals surface area contributed by atoms with Crippen LogP contribution in [0.3, 0.4) is 0 Å². The molecule has 12 heavy (non-hydrogen) atoms. The Labute approximate surface area is 78.4 Å². The van der Waals surface area contributed by atoms with E-state index in [1.165, 1.54) is 0 Å². The van der Waals surface area contributed by atoms with Crippen LogP contribution in [0, 0.1) is 0 Å². The topological polar surface area (TPSA) is 56.8 Å². The predicted octanol–water partition coefficient (Wildman–Crippen LogP) is 1.66. The molecule has 2 N–H and O–H groups in total. The van der Waals surface area contributed by atoms with E-state index in [0.29, 0.717) is 19.0 Å². The third kappa shape index (κ3) is 4.83. The molecule has 6 heteroatoms. The maximum atomic E-state index is 5.39. The van der Waals surface area contributed by atoms with E-state index in [0.717, 1.165) is 0 Å². The SMILES string of the molecule is CCOP(=S)(/N=C(/C)N)OCC. The summed E-state index contributed by atoms with van der Waals surface area (Å²) in [6.07, 6.45) is 0. The van der Waals surface area contributed by atoms with Crippen molar-refractivity contribution in [1.82, 2.24) is 0 Å². The van der Waals surface area contributed by atoms with Gasteiger partial charge in [0, 0.05) is 0 Å². The second kappa shape index (κ2) is 5.65. The van der Waals surface area contributed by atoms with Crippen molar-refractivity contribution in [1.29, 1.82) is 0 Å². The molecule has 0 heterocycles. The van der Waals surface area contributed by atoms with Crippen LogP contribution in [0.15, 0.2) is 4.76 Å². The molecule has 0 spiro atoms. The van der Waals surface area contributed by atoms with Gasteiger partial charge < -0.3 is 14.8 Å². The summed E-state index contributed by atoms with van der Waals surface area (Å²) in [4.78, 5) is 0. The number of hydrogen-bond acceptors (Lipinski definition) is 3. The van der Waals surface area contributed by atoms with E-state index in [2.05, 4.69) is 4.76 Å². The average molecular weight is 210 g/mol. The van der Waals surface area contributed by atoms with E-state index >= 15 is 0 Å². The fourth-order valence-electron chi connectivity index (χ4n) is 0.614. The van der Waals surface area contributed by atoms with Crippen LogP contribution in [-0.4, -0.2) is 19.0 Å². The third-order valence-corrected chi connectivity index (χ3v) is 3.47. The number of hydrogen-bond donors (Lipinski definition) is 1. The first-order chi connectivity index (χ1) is 5.54. The van der Waals surface area contributed by atoms with Crippen molar-refractivity contribution < 1.29 is 9.05 Å². The minimum Gasteiger partial charge on any atom is -0.387 e. The molecule has 0 unspecified atom stereocenters. The van der Waals surface area contributed by atoms with Gasteiger partial charge in [-0.1, -0.05) is 0 Å². The fraction of sp³-hybridized carbons (Fsp3) is 0.833. The van der Waals surface area contributed by atoms with Gasteiger partial charge >= 0.3 is 6.64 Å². The Hall–Kier alpha value is 0.0400. The van der Waals surface area contributed by atoms with Gasteiger partial charge in [-0.15, -0.1) is 0 Å². The molecular weight excluding hydrogens is 195 g/mol. The van der Waals surface area contributed by atoms with Crippen LogP contribution in [0.25, 0.3) is 0 Å². The summed E-state index contributed by atoms with van der Waals surface area (Å²) in [5, 5.41) is 0. The zero-order valence-corrected chi connectivity index (χ0v) is 9.32. The van der Waals surface area contributed by atoms with Gasteiger partial charge in [0.2, 0.25) is 0 Å². The van der Waals surface area contributed by atoms with Crippen molar-refractivity contribution in [2.75, 3.05) is 13.2 Å². The van der Waals surface area contributed by atoms with Crippen LogP contribution in [0.2, 0.25) is 0 Å². The van der Waals surface area contributed by atoms with E-state index < -0.39 is 6.64 Å². The van der Waals surface area contributed by atoms with E-state index in [-0.39, 0.29) is 0 Å². The molecule has 0 aromatic carbocycles. The van der Waals surface area contributed by atoms with Gasteiger partial charge in [0.1, 0.15) is 5.84 Å². The van der Waals surface area contributed by atoms with Crippen LogP contribution in [-0.2, 0) is 20.9 Å². The Morgan fingerprint density at radius 3 is 2.08 bits per heavy atom. The monoisotopic (exact) mass is 210 g/mol. The van der Waals surface area contributed by atoms with Gasteiger partial charge in [-0.2, -0.15) is 4.76 Å². The molecule has 4 nitrogen and oxygen atoms in total. The molecule has 0 rings (SSSR count). The molecule has 0 bridgehead atoms. The van der Waals surface area contributed by atoms with Gasteiger partial charge in [0.15, 0.2) is 0 Å². The normalized spacial score (nSPS) is 13.4. The highest BCUT2D eigenvalue weighted by Crippen LogP contribution is 2.49. The largest absolute Gasteiger partial charge is 0.387 e. The first-order valence-corrected chi connectivity index (χ1v) is 6.34. The summed E-state index contributed by atoms with van der Waals surface area (Å²) in [5.74, 6) is 0.403. The van der Waals surface area contributed by atoms with E-state index in [9.17, 15) is 0 Å². The summed E-state index contributed by atoms with van der Waals surface area (Å²) in [6.45, 7) is 3.87. The van der Waals surface area contributed by atoms with Crippen molar-refractivity contribution in [2.24, 2.45) is 10.5 Å². The smallest absolute Gasteiger partial charge is 0.310 e. The Balaban J connectivity index is 4.40. The van der Waals surface area contributed by atoms with Gasteiger partial charge in [-0.3, -0.25) is 0 Å². The molecule has 0 aromatic rings. The molecule has 72 valence electrons. The Bertz CT molecular complexity index is 194. The molecule has 0 atom stereocenters. The van der Waals surface area contributed by atoms with Gasteiger partial charge in [0.05, 0.1) is 13.2 Å². The highest BCUT2D eigenvalue weighted by Gasteiger charge is 2.15. The van der Waals surface area contributed by atoms with Crippen LogP contribution in [0.1, 0.15) is 20.8 Å². The summed E-state index contributed by atoms with van der Waals surface area (Å²) in [5.41, 5.74) is 5.39. The molecule has 0 aliphatic carbocycles. The minimum atomic E-state index is -2.48. The highest BCUT2D eigenvalue weighted by atomic mass is 32.5. The minimum absolute atomic E-state index is 0.403. The summed E-state index contributed by atoms with van der Waals surface area (Å²) in [7, 11) is 0. The molecule has 0 fully saturated rings. The molecule has 0 aromatic heterocycles. The quantitative estimate of drug-likeness (QED) is 0.426. The zero-order chi connectivity index (χ0) is 9.61. The first-order valence-electron chi connectivity index (χ1n) is 3.75. The second-order valence-electron chi connectivity index (χ2n) is 2.05. The lowest BCUT2D eigenvalue weighted by Crippen LogP contribution is -2.06. The molecule has 0 saturated carbocycles. The van der Waals surface area contributed by atoms with E-state index in [1.54, 1.807) is 6.92 Å². The van der Waals surface area contributed by atoms with E-state index in [4.69, 9.17) is 26.6 Å². The summed E-state index contributed by atoms with van der Waals surface area (Å²) < 4.78 is 14.4. The van der Waals surface area contributed by atoms with Gasteiger partial charge in [0.25, 0.3) is 0 Å². The molecule has 0 amide bonds. The molecule has 0 radical (unpaired) electrons.